The molecule has 1 N–H and O–H groups in total. The number of ether oxygens (including phenoxy) is 4. The van der Waals surface area contributed by atoms with Gasteiger partial charge in [-0.05, 0) is 33.3 Å². The van der Waals surface area contributed by atoms with Crippen LogP contribution in [0.1, 0.15) is 39.3 Å². The van der Waals surface area contributed by atoms with Gasteiger partial charge in [-0.15, -0.1) is 0 Å². The van der Waals surface area contributed by atoms with E-state index in [1.54, 1.807) is 39.8 Å². The fraction of sp³-hybridized carbons (Fsp3) is 0.588. The Labute approximate surface area is 147 Å². The Morgan fingerprint density at radius 2 is 1.72 bits per heavy atom. The summed E-state index contributed by atoms with van der Waals surface area (Å²) in [5, 5.41) is 2.86. The monoisotopic (exact) mass is 354 g/mol. The largest absolute Gasteiger partial charge is 0.481 e. The van der Waals surface area contributed by atoms with E-state index in [4.69, 9.17) is 18.9 Å². The molecule has 8 heteroatoms. The number of esters is 2. The maximum Gasteiger partial charge on any atom is 0.327 e. The van der Waals surface area contributed by atoms with Gasteiger partial charge in [0.1, 0.15) is 11.6 Å². The molecular weight excluding hydrogens is 328 g/mol. The smallest absolute Gasteiger partial charge is 0.327 e. The Balaban J connectivity index is 3.01. The minimum atomic E-state index is -0.890. The highest BCUT2D eigenvalue weighted by Gasteiger charge is 2.25. The zero-order valence-electron chi connectivity index (χ0n) is 15.5. The maximum atomic E-state index is 12.3. The summed E-state index contributed by atoms with van der Waals surface area (Å²) in [6.45, 7) is 7.07. The van der Waals surface area contributed by atoms with E-state index in [1.807, 2.05) is 0 Å². The number of hydrogen-bond donors (Lipinski definition) is 1. The quantitative estimate of drug-likeness (QED) is 0.704. The van der Waals surface area contributed by atoms with Gasteiger partial charge >= 0.3 is 11.9 Å². The second-order valence-corrected chi connectivity index (χ2v) is 6.14. The summed E-state index contributed by atoms with van der Waals surface area (Å²) in [7, 11) is 2.91. The third-order valence-corrected chi connectivity index (χ3v) is 2.95. The Hall–Kier alpha value is -2.35. The zero-order valence-corrected chi connectivity index (χ0v) is 15.5. The van der Waals surface area contributed by atoms with Gasteiger partial charge in [-0.1, -0.05) is 0 Å². The van der Waals surface area contributed by atoms with Crippen LogP contribution in [0.5, 0.6) is 11.8 Å². The van der Waals surface area contributed by atoms with E-state index in [-0.39, 0.29) is 24.9 Å². The Bertz CT molecular complexity index is 575. The minimum Gasteiger partial charge on any atom is -0.481 e. The highest BCUT2D eigenvalue weighted by molar-refractivity contribution is 5.79. The summed E-state index contributed by atoms with van der Waals surface area (Å²) >= 11 is 0. The number of methoxy groups -OCH3 is 2. The lowest BCUT2D eigenvalue weighted by Gasteiger charge is -2.22. The average molecular weight is 354 g/mol. The molecule has 0 spiro atoms. The van der Waals surface area contributed by atoms with Crippen molar-refractivity contribution in [2.75, 3.05) is 27.4 Å². The van der Waals surface area contributed by atoms with Crippen molar-refractivity contribution in [2.45, 2.75) is 39.3 Å². The van der Waals surface area contributed by atoms with Gasteiger partial charge in [-0.3, -0.25) is 10.1 Å². The molecule has 140 valence electrons. The van der Waals surface area contributed by atoms with Crippen molar-refractivity contribution in [1.29, 1.82) is 0 Å². The van der Waals surface area contributed by atoms with Gasteiger partial charge in [0.15, 0.2) is 0 Å². The van der Waals surface area contributed by atoms with Gasteiger partial charge in [0.25, 0.3) is 0 Å². The number of rotatable bonds is 8. The molecule has 0 aliphatic rings. The van der Waals surface area contributed by atoms with E-state index in [0.29, 0.717) is 5.56 Å². The maximum absolute atomic E-state index is 12.3. The number of pyridine rings is 1. The molecule has 0 aliphatic carbocycles. The molecule has 0 aliphatic heterocycles. The molecule has 1 aromatic rings. The predicted octanol–water partition coefficient (Wildman–Crippen LogP) is 1.63. The summed E-state index contributed by atoms with van der Waals surface area (Å²) in [4.78, 5) is 28.3. The first-order chi connectivity index (χ1) is 11.7. The van der Waals surface area contributed by atoms with Crippen LogP contribution in [0.4, 0.5) is 0 Å². The van der Waals surface area contributed by atoms with Crippen LogP contribution in [0.2, 0.25) is 0 Å². The number of hydrogen-bond acceptors (Lipinski definition) is 8. The molecule has 0 saturated heterocycles. The first kappa shape index (κ1) is 20.7. The van der Waals surface area contributed by atoms with Crippen LogP contribution in [0.3, 0.4) is 0 Å². The van der Waals surface area contributed by atoms with Gasteiger partial charge in [0.2, 0.25) is 11.8 Å². The van der Waals surface area contributed by atoms with Crippen molar-refractivity contribution < 1.29 is 28.5 Å². The third-order valence-electron chi connectivity index (χ3n) is 2.95. The third kappa shape index (κ3) is 6.96. The van der Waals surface area contributed by atoms with Crippen LogP contribution in [0.25, 0.3) is 0 Å². The Morgan fingerprint density at radius 3 is 2.16 bits per heavy atom. The standard InChI is InChI=1S/C17H26N2O6/c1-7-24-16(21)15(18-10-14(20)25-17(2,3)4)11-8-12(22-5)19-13(9-11)23-6/h8-9,15,18H,7,10H2,1-6H3. The van der Waals surface area contributed by atoms with Crippen molar-refractivity contribution in [3.05, 3.63) is 17.7 Å². The lowest BCUT2D eigenvalue weighted by Crippen LogP contribution is -2.37. The minimum absolute atomic E-state index is 0.159. The molecule has 0 aromatic carbocycles. The Kier molecular flexibility index (Phi) is 7.63. The van der Waals surface area contributed by atoms with E-state index in [2.05, 4.69) is 10.3 Å². The van der Waals surface area contributed by atoms with E-state index < -0.39 is 23.6 Å². The topological polar surface area (TPSA) is 96.0 Å². The van der Waals surface area contributed by atoms with Crippen LogP contribution in [-0.4, -0.2) is 49.9 Å². The number of carbonyl (C=O) groups is 2. The van der Waals surface area contributed by atoms with Crippen LogP contribution in [0.15, 0.2) is 12.1 Å². The van der Waals surface area contributed by atoms with Gasteiger partial charge < -0.3 is 18.9 Å². The molecular formula is C17H26N2O6. The molecule has 1 rings (SSSR count). The molecule has 0 saturated carbocycles. The van der Waals surface area contributed by atoms with Crippen molar-refractivity contribution in [1.82, 2.24) is 10.3 Å². The van der Waals surface area contributed by atoms with Crippen molar-refractivity contribution in [3.63, 3.8) is 0 Å². The van der Waals surface area contributed by atoms with Crippen LogP contribution in [-0.2, 0) is 19.1 Å². The Morgan fingerprint density at radius 1 is 1.16 bits per heavy atom. The summed E-state index contributed by atoms with van der Waals surface area (Å²) < 4.78 is 20.6. The van der Waals surface area contributed by atoms with Crippen molar-refractivity contribution >= 4 is 11.9 Å². The first-order valence-electron chi connectivity index (χ1n) is 7.92. The fourth-order valence-corrected chi connectivity index (χ4v) is 2.00. The second kappa shape index (κ2) is 9.22. The number of nitrogens with zero attached hydrogens (tertiary/aromatic N) is 1. The normalized spacial score (nSPS) is 12.2. The van der Waals surface area contributed by atoms with E-state index in [9.17, 15) is 9.59 Å². The average Bonchev–Trinajstić information content (AvgIpc) is 2.53. The SMILES string of the molecule is CCOC(=O)C(NCC(=O)OC(C)(C)C)c1cc(OC)nc(OC)c1. The first-order valence-corrected chi connectivity index (χ1v) is 7.92. The molecule has 8 nitrogen and oxygen atoms in total. The summed E-state index contributed by atoms with van der Waals surface area (Å²) in [6, 6.07) is 2.26. The molecule has 1 aromatic heterocycles. The van der Waals surface area contributed by atoms with Crippen LogP contribution < -0.4 is 14.8 Å². The van der Waals surface area contributed by atoms with E-state index >= 15 is 0 Å². The van der Waals surface area contributed by atoms with Crippen molar-refractivity contribution in [2.24, 2.45) is 0 Å². The molecule has 1 unspecified atom stereocenters. The number of carbonyl (C=O) groups excluding carboxylic acids is 2. The molecule has 0 bridgehead atoms. The zero-order chi connectivity index (χ0) is 19.0. The predicted molar refractivity (Wildman–Crippen MR) is 90.6 cm³/mol. The van der Waals surface area contributed by atoms with Crippen molar-refractivity contribution in [3.8, 4) is 11.8 Å². The highest BCUT2D eigenvalue weighted by Crippen LogP contribution is 2.24. The molecule has 1 atom stereocenters. The number of nitrogens with one attached hydrogen (secondary N) is 1. The molecule has 25 heavy (non-hydrogen) atoms. The molecule has 1 heterocycles. The van der Waals surface area contributed by atoms with Crippen LogP contribution in [0, 0.1) is 0 Å². The summed E-state index contributed by atoms with van der Waals surface area (Å²) in [5.41, 5.74) is -0.105. The number of aromatic nitrogens is 1. The van der Waals surface area contributed by atoms with Gasteiger partial charge in [-0.2, -0.15) is 4.98 Å². The van der Waals surface area contributed by atoms with Gasteiger partial charge in [0, 0.05) is 12.1 Å². The van der Waals surface area contributed by atoms with E-state index in [1.165, 1.54) is 14.2 Å². The molecule has 0 radical (unpaired) electrons. The van der Waals surface area contributed by atoms with E-state index in [0.717, 1.165) is 0 Å². The van der Waals surface area contributed by atoms with Crippen LogP contribution >= 0.6 is 0 Å². The molecule has 0 amide bonds. The van der Waals surface area contributed by atoms with Gasteiger partial charge in [0.05, 0.1) is 27.4 Å². The fourth-order valence-electron chi connectivity index (χ4n) is 2.00. The molecule has 0 fully saturated rings. The van der Waals surface area contributed by atoms with Gasteiger partial charge in [-0.25, -0.2) is 4.79 Å². The summed E-state index contributed by atoms with van der Waals surface area (Å²) in [6.07, 6.45) is 0. The highest BCUT2D eigenvalue weighted by atomic mass is 16.6. The second-order valence-electron chi connectivity index (χ2n) is 6.14. The lowest BCUT2D eigenvalue weighted by atomic mass is 10.1. The summed E-state index contributed by atoms with van der Waals surface area (Å²) in [5.74, 6) is -0.443. The lowest BCUT2D eigenvalue weighted by molar-refractivity contribution is -0.154.